The molecule has 1 atom stereocenters. The molecule has 2 amide bonds. The van der Waals surface area contributed by atoms with Gasteiger partial charge in [0.15, 0.2) is 0 Å². The number of likely N-dealkylation sites (tertiary alicyclic amines) is 1. The van der Waals surface area contributed by atoms with Crippen LogP contribution < -0.4 is 4.90 Å². The van der Waals surface area contributed by atoms with Crippen LogP contribution in [0, 0.1) is 12.7 Å². The summed E-state index contributed by atoms with van der Waals surface area (Å²) in [6, 6.07) is 6.28. The van der Waals surface area contributed by atoms with E-state index in [2.05, 4.69) is 0 Å². The first kappa shape index (κ1) is 21.4. The topological polar surface area (TPSA) is 75.6 Å². The van der Waals surface area contributed by atoms with Crippen molar-refractivity contribution in [2.45, 2.75) is 45.1 Å². The Morgan fingerprint density at radius 3 is 2.90 bits per heavy atom. The van der Waals surface area contributed by atoms with Crippen molar-refractivity contribution in [1.29, 1.82) is 0 Å². The number of ether oxygens (including phenoxy) is 1. The van der Waals surface area contributed by atoms with E-state index in [0.717, 1.165) is 23.2 Å². The number of hydrogen-bond donors (Lipinski definition) is 0. The molecule has 7 nitrogen and oxygen atoms in total. The Morgan fingerprint density at radius 2 is 2.13 bits per heavy atom. The lowest BCUT2D eigenvalue weighted by Crippen LogP contribution is -2.36. The van der Waals surface area contributed by atoms with Crippen LogP contribution in [0.15, 0.2) is 24.3 Å². The molecule has 0 bridgehead atoms. The third-order valence-corrected chi connectivity index (χ3v) is 6.01. The van der Waals surface area contributed by atoms with Crippen LogP contribution >= 0.6 is 0 Å². The van der Waals surface area contributed by atoms with Gasteiger partial charge >= 0.3 is 0 Å². The normalized spacial score (nSPS) is 18.4. The molecule has 0 unspecified atom stereocenters. The molecule has 2 aliphatic heterocycles. The number of fused-ring (bicyclic) bond motifs is 1. The Labute approximate surface area is 181 Å². The number of methoxy groups -OCH3 is 1. The molecule has 0 radical (unpaired) electrons. The molecular weight excluding hydrogens is 399 g/mol. The molecule has 1 fully saturated rings. The maximum atomic E-state index is 13.7. The molecule has 0 saturated carbocycles. The number of aromatic nitrogens is 2. The number of aryl methyl sites for hydroxylation is 1. The summed E-state index contributed by atoms with van der Waals surface area (Å²) in [5.74, 6) is 1.03. The van der Waals surface area contributed by atoms with E-state index in [1.807, 2.05) is 11.8 Å². The second kappa shape index (κ2) is 9.09. The zero-order valence-electron chi connectivity index (χ0n) is 17.9. The Bertz CT molecular complexity index is 997. The highest BCUT2D eigenvalue weighted by atomic mass is 19.1. The monoisotopic (exact) mass is 426 g/mol. The van der Waals surface area contributed by atoms with Crippen LogP contribution in [-0.2, 0) is 27.3 Å². The molecule has 4 rings (SSSR count). The number of hydrogen-bond acceptors (Lipinski definition) is 5. The third-order valence-electron chi connectivity index (χ3n) is 6.01. The maximum Gasteiger partial charge on any atom is 0.228 e. The SMILES string of the molecule is COCCC(=O)N1CC[C@@H](c2nc(C)c3c(n2)N(Cc2cccc(F)c2)C(=O)CC3)C1. The average Bonchev–Trinajstić information content (AvgIpc) is 3.24. The maximum absolute atomic E-state index is 13.7. The number of halogens is 1. The van der Waals surface area contributed by atoms with Crippen molar-refractivity contribution in [3.63, 3.8) is 0 Å². The van der Waals surface area contributed by atoms with Gasteiger partial charge in [0.2, 0.25) is 11.8 Å². The van der Waals surface area contributed by atoms with Crippen LogP contribution in [0.1, 0.15) is 47.8 Å². The molecule has 2 aliphatic rings. The van der Waals surface area contributed by atoms with Crippen molar-refractivity contribution in [2.24, 2.45) is 0 Å². The van der Waals surface area contributed by atoms with Gasteiger partial charge in [0, 0.05) is 43.8 Å². The molecular formula is C23H27FN4O3. The largest absolute Gasteiger partial charge is 0.384 e. The molecule has 31 heavy (non-hydrogen) atoms. The fourth-order valence-corrected chi connectivity index (χ4v) is 4.31. The second-order valence-corrected chi connectivity index (χ2v) is 8.15. The summed E-state index contributed by atoms with van der Waals surface area (Å²) in [5, 5.41) is 0. The summed E-state index contributed by atoms with van der Waals surface area (Å²) in [7, 11) is 1.58. The van der Waals surface area contributed by atoms with Crippen LogP contribution in [0.3, 0.4) is 0 Å². The van der Waals surface area contributed by atoms with Gasteiger partial charge in [-0.3, -0.25) is 14.5 Å². The third kappa shape index (κ3) is 4.58. The second-order valence-electron chi connectivity index (χ2n) is 8.15. The van der Waals surface area contributed by atoms with Gasteiger partial charge in [-0.05, 0) is 37.5 Å². The van der Waals surface area contributed by atoms with Crippen LogP contribution in [-0.4, -0.2) is 53.5 Å². The van der Waals surface area contributed by atoms with Crippen LogP contribution in [0.5, 0.6) is 0 Å². The van der Waals surface area contributed by atoms with E-state index in [1.165, 1.54) is 12.1 Å². The number of amides is 2. The van der Waals surface area contributed by atoms with Gasteiger partial charge in [-0.2, -0.15) is 0 Å². The van der Waals surface area contributed by atoms with Crippen molar-refractivity contribution >= 4 is 17.6 Å². The molecule has 1 saturated heterocycles. The zero-order chi connectivity index (χ0) is 22.0. The lowest BCUT2D eigenvalue weighted by Gasteiger charge is -2.30. The van der Waals surface area contributed by atoms with E-state index in [-0.39, 0.29) is 30.1 Å². The number of carbonyl (C=O) groups is 2. The van der Waals surface area contributed by atoms with Gasteiger partial charge in [0.25, 0.3) is 0 Å². The van der Waals surface area contributed by atoms with Crippen LogP contribution in [0.25, 0.3) is 0 Å². The number of carbonyl (C=O) groups excluding carboxylic acids is 2. The van der Waals surface area contributed by atoms with Gasteiger partial charge in [-0.25, -0.2) is 14.4 Å². The highest BCUT2D eigenvalue weighted by molar-refractivity contribution is 5.95. The van der Waals surface area contributed by atoms with Gasteiger partial charge in [-0.1, -0.05) is 12.1 Å². The molecule has 0 aliphatic carbocycles. The highest BCUT2D eigenvalue weighted by Gasteiger charge is 2.33. The summed E-state index contributed by atoms with van der Waals surface area (Å²) >= 11 is 0. The lowest BCUT2D eigenvalue weighted by atomic mass is 10.0. The first-order chi connectivity index (χ1) is 15.0. The van der Waals surface area contributed by atoms with Crippen LogP contribution in [0.4, 0.5) is 10.2 Å². The average molecular weight is 426 g/mol. The minimum atomic E-state index is -0.328. The van der Waals surface area contributed by atoms with E-state index in [9.17, 15) is 14.0 Å². The summed E-state index contributed by atoms with van der Waals surface area (Å²) in [4.78, 5) is 38.1. The van der Waals surface area contributed by atoms with E-state index in [0.29, 0.717) is 50.6 Å². The Morgan fingerprint density at radius 1 is 1.29 bits per heavy atom. The van der Waals surface area contributed by atoms with E-state index >= 15 is 0 Å². The standard InChI is InChI=1S/C23H27FN4O3/c1-15-19-6-7-21(30)28(13-16-4-3-5-18(24)12-16)23(19)26-22(25-15)17-8-10-27(14-17)20(29)9-11-31-2/h3-5,12,17H,6-11,13-14H2,1-2H3/t17-/m1/s1. The molecule has 3 heterocycles. The first-order valence-corrected chi connectivity index (χ1v) is 10.6. The predicted octanol–water partition coefficient (Wildman–Crippen LogP) is 2.76. The van der Waals surface area contributed by atoms with Crippen LogP contribution in [0.2, 0.25) is 0 Å². The number of benzene rings is 1. The van der Waals surface area contributed by atoms with Crippen molar-refractivity contribution in [3.05, 3.63) is 52.7 Å². The lowest BCUT2D eigenvalue weighted by molar-refractivity contribution is -0.131. The first-order valence-electron chi connectivity index (χ1n) is 10.6. The summed E-state index contributed by atoms with van der Waals surface area (Å²) in [5.41, 5.74) is 2.54. The van der Waals surface area contributed by atoms with Gasteiger partial charge in [-0.15, -0.1) is 0 Å². The smallest absolute Gasteiger partial charge is 0.228 e. The van der Waals surface area contributed by atoms with Gasteiger partial charge in [0.05, 0.1) is 19.6 Å². The molecule has 0 N–H and O–H groups in total. The quantitative estimate of drug-likeness (QED) is 0.710. The molecule has 164 valence electrons. The fraction of sp³-hybridized carbons (Fsp3) is 0.478. The Balaban J connectivity index is 1.59. The Kier molecular flexibility index (Phi) is 6.27. The molecule has 1 aromatic carbocycles. The highest BCUT2D eigenvalue weighted by Crippen LogP contribution is 2.33. The van der Waals surface area contributed by atoms with E-state index < -0.39 is 0 Å². The number of nitrogens with zero attached hydrogens (tertiary/aromatic N) is 4. The summed E-state index contributed by atoms with van der Waals surface area (Å²) < 4.78 is 18.7. The molecule has 2 aromatic rings. The van der Waals surface area contributed by atoms with Gasteiger partial charge in [0.1, 0.15) is 17.5 Å². The van der Waals surface area contributed by atoms with Gasteiger partial charge < -0.3 is 9.64 Å². The molecule has 0 spiro atoms. The van der Waals surface area contributed by atoms with Crippen molar-refractivity contribution in [2.75, 3.05) is 31.7 Å². The molecule has 1 aromatic heterocycles. The minimum Gasteiger partial charge on any atom is -0.384 e. The minimum absolute atomic E-state index is 0.0244. The van der Waals surface area contributed by atoms with E-state index in [1.54, 1.807) is 24.1 Å². The summed E-state index contributed by atoms with van der Waals surface area (Å²) in [6.45, 7) is 3.85. The number of anilines is 1. The zero-order valence-corrected chi connectivity index (χ0v) is 17.9. The predicted molar refractivity (Wildman–Crippen MR) is 113 cm³/mol. The van der Waals surface area contributed by atoms with E-state index in [4.69, 9.17) is 14.7 Å². The fourth-order valence-electron chi connectivity index (χ4n) is 4.31. The number of rotatable bonds is 6. The van der Waals surface area contributed by atoms with Crippen molar-refractivity contribution in [3.8, 4) is 0 Å². The van der Waals surface area contributed by atoms with Crippen molar-refractivity contribution < 1.29 is 18.7 Å². The van der Waals surface area contributed by atoms with Crippen molar-refractivity contribution in [1.82, 2.24) is 14.9 Å². The Hall–Kier alpha value is -2.87. The molecule has 8 heteroatoms. The summed E-state index contributed by atoms with van der Waals surface area (Å²) in [6.07, 6.45) is 2.14.